The highest BCUT2D eigenvalue weighted by Gasteiger charge is 2.51. The maximum absolute atomic E-state index is 13.0. The number of carbonyl (C=O) groups is 1. The second kappa shape index (κ2) is 5.73. The van der Waals surface area contributed by atoms with Crippen molar-refractivity contribution in [3.05, 3.63) is 35.6 Å². The number of nitrogens with one attached hydrogen (secondary N) is 1. The SMILES string of the molecule is CN(C)CC(C)(O)CNC(=O)C1(c2ccc(F)cc2)CC1. The number of nitrogens with zero attached hydrogens (tertiary/aromatic N) is 1. The van der Waals surface area contributed by atoms with E-state index < -0.39 is 11.0 Å². The van der Waals surface area contributed by atoms with E-state index >= 15 is 0 Å². The molecule has 0 aliphatic heterocycles. The fraction of sp³-hybridized carbons (Fsp3) is 0.562. The second-order valence-electron chi connectivity index (χ2n) is 6.51. The first-order chi connectivity index (χ1) is 9.75. The lowest BCUT2D eigenvalue weighted by molar-refractivity contribution is -0.124. The molecule has 116 valence electrons. The minimum atomic E-state index is -0.974. The Balaban J connectivity index is 1.99. The Morgan fingerprint density at radius 2 is 1.95 bits per heavy atom. The number of halogens is 1. The predicted octanol–water partition coefficient (Wildman–Crippen LogP) is 1.29. The molecule has 1 saturated carbocycles. The van der Waals surface area contributed by atoms with Gasteiger partial charge in [0.05, 0.1) is 11.0 Å². The first-order valence-electron chi connectivity index (χ1n) is 7.17. The minimum Gasteiger partial charge on any atom is -0.387 e. The summed E-state index contributed by atoms with van der Waals surface area (Å²) in [4.78, 5) is 14.3. The molecule has 0 radical (unpaired) electrons. The first kappa shape index (κ1) is 15.9. The van der Waals surface area contributed by atoms with Crippen LogP contribution in [0.1, 0.15) is 25.3 Å². The molecule has 0 heterocycles. The van der Waals surface area contributed by atoms with E-state index in [1.165, 1.54) is 12.1 Å². The Kier molecular flexibility index (Phi) is 4.35. The van der Waals surface area contributed by atoms with E-state index in [4.69, 9.17) is 0 Å². The lowest BCUT2D eigenvalue weighted by atomic mass is 9.94. The number of benzene rings is 1. The quantitative estimate of drug-likeness (QED) is 0.831. The molecule has 2 rings (SSSR count). The van der Waals surface area contributed by atoms with Crippen LogP contribution in [0.5, 0.6) is 0 Å². The van der Waals surface area contributed by atoms with Gasteiger partial charge in [0.2, 0.25) is 5.91 Å². The van der Waals surface area contributed by atoms with Gasteiger partial charge in [0.25, 0.3) is 0 Å². The average Bonchev–Trinajstić information content (AvgIpc) is 3.17. The zero-order valence-electron chi connectivity index (χ0n) is 12.8. The first-order valence-corrected chi connectivity index (χ1v) is 7.17. The summed E-state index contributed by atoms with van der Waals surface area (Å²) in [7, 11) is 3.74. The third-order valence-electron chi connectivity index (χ3n) is 3.87. The Morgan fingerprint density at radius 1 is 1.38 bits per heavy atom. The molecule has 1 aromatic carbocycles. The molecular formula is C16H23FN2O2. The molecule has 1 aromatic rings. The standard InChI is InChI=1S/C16H23FN2O2/c1-15(21,11-19(2)3)10-18-14(20)16(8-9-16)12-4-6-13(17)7-5-12/h4-7,21H,8-11H2,1-3H3,(H,18,20). The van der Waals surface area contributed by atoms with Crippen molar-refractivity contribution in [2.75, 3.05) is 27.2 Å². The number of aliphatic hydroxyl groups is 1. The van der Waals surface area contributed by atoms with Gasteiger partial charge in [-0.25, -0.2) is 4.39 Å². The van der Waals surface area contributed by atoms with E-state index in [0.717, 1.165) is 18.4 Å². The number of hydrogen-bond donors (Lipinski definition) is 2. The van der Waals surface area contributed by atoms with Crippen molar-refractivity contribution in [1.29, 1.82) is 0 Å². The van der Waals surface area contributed by atoms with Crippen LogP contribution in [0.3, 0.4) is 0 Å². The summed E-state index contributed by atoms with van der Waals surface area (Å²) in [5, 5.41) is 13.1. The maximum Gasteiger partial charge on any atom is 0.230 e. The number of rotatable bonds is 6. The van der Waals surface area contributed by atoms with Gasteiger partial charge in [0, 0.05) is 13.1 Å². The fourth-order valence-corrected chi connectivity index (χ4v) is 2.72. The van der Waals surface area contributed by atoms with Crippen molar-refractivity contribution < 1.29 is 14.3 Å². The summed E-state index contributed by atoms with van der Waals surface area (Å²) >= 11 is 0. The molecule has 1 fully saturated rings. The van der Waals surface area contributed by atoms with Crippen LogP contribution in [-0.4, -0.2) is 48.7 Å². The number of hydrogen-bond acceptors (Lipinski definition) is 3. The van der Waals surface area contributed by atoms with Crippen LogP contribution in [0, 0.1) is 5.82 Å². The van der Waals surface area contributed by atoms with E-state index in [2.05, 4.69) is 5.32 Å². The highest BCUT2D eigenvalue weighted by molar-refractivity contribution is 5.91. The Morgan fingerprint density at radius 3 is 2.43 bits per heavy atom. The lowest BCUT2D eigenvalue weighted by Gasteiger charge is -2.28. The molecule has 1 atom stereocenters. The molecule has 0 aromatic heterocycles. The highest BCUT2D eigenvalue weighted by atomic mass is 19.1. The van der Waals surface area contributed by atoms with Gasteiger partial charge in [0.1, 0.15) is 5.82 Å². The molecule has 0 bridgehead atoms. The van der Waals surface area contributed by atoms with Crippen molar-refractivity contribution in [1.82, 2.24) is 10.2 Å². The molecule has 1 unspecified atom stereocenters. The lowest BCUT2D eigenvalue weighted by Crippen LogP contribution is -2.49. The van der Waals surface area contributed by atoms with Gasteiger partial charge in [-0.2, -0.15) is 0 Å². The molecule has 2 N–H and O–H groups in total. The molecule has 0 spiro atoms. The summed E-state index contributed by atoms with van der Waals surface area (Å²) in [6.45, 7) is 2.37. The van der Waals surface area contributed by atoms with Gasteiger partial charge in [0.15, 0.2) is 0 Å². The van der Waals surface area contributed by atoms with Crippen LogP contribution in [0.25, 0.3) is 0 Å². The monoisotopic (exact) mass is 294 g/mol. The summed E-state index contributed by atoms with van der Waals surface area (Å²) < 4.78 is 13.0. The summed E-state index contributed by atoms with van der Waals surface area (Å²) in [5.41, 5.74) is -0.673. The number of carbonyl (C=O) groups excluding carboxylic acids is 1. The second-order valence-corrected chi connectivity index (χ2v) is 6.51. The zero-order chi connectivity index (χ0) is 15.7. The van der Waals surface area contributed by atoms with Crippen molar-refractivity contribution in [2.24, 2.45) is 0 Å². The highest BCUT2D eigenvalue weighted by Crippen LogP contribution is 2.48. The molecule has 1 aliphatic carbocycles. The van der Waals surface area contributed by atoms with Gasteiger partial charge in [-0.3, -0.25) is 4.79 Å². The molecular weight excluding hydrogens is 271 g/mol. The Bertz CT molecular complexity index is 508. The summed E-state index contributed by atoms with van der Waals surface area (Å²) in [6, 6.07) is 6.09. The van der Waals surface area contributed by atoms with E-state index in [0.29, 0.717) is 6.54 Å². The van der Waals surface area contributed by atoms with Crippen molar-refractivity contribution in [2.45, 2.75) is 30.8 Å². The Hall–Kier alpha value is -1.46. The van der Waals surface area contributed by atoms with Crippen LogP contribution < -0.4 is 5.32 Å². The topological polar surface area (TPSA) is 52.6 Å². The molecule has 5 heteroatoms. The largest absolute Gasteiger partial charge is 0.387 e. The zero-order valence-corrected chi connectivity index (χ0v) is 12.8. The molecule has 1 amide bonds. The van der Waals surface area contributed by atoms with Crippen LogP contribution in [0.15, 0.2) is 24.3 Å². The summed E-state index contributed by atoms with van der Waals surface area (Å²) in [5.74, 6) is -0.392. The molecule has 0 saturated heterocycles. The normalized spacial score (nSPS) is 19.1. The molecule has 1 aliphatic rings. The van der Waals surface area contributed by atoms with Crippen LogP contribution in [0.2, 0.25) is 0 Å². The third-order valence-corrected chi connectivity index (χ3v) is 3.87. The third kappa shape index (κ3) is 3.80. The van der Waals surface area contributed by atoms with Gasteiger partial charge in [-0.1, -0.05) is 12.1 Å². The average molecular weight is 294 g/mol. The smallest absolute Gasteiger partial charge is 0.230 e. The van der Waals surface area contributed by atoms with Crippen LogP contribution in [-0.2, 0) is 10.2 Å². The van der Waals surface area contributed by atoms with Crippen molar-refractivity contribution >= 4 is 5.91 Å². The minimum absolute atomic E-state index is 0.0897. The van der Waals surface area contributed by atoms with Crippen LogP contribution in [0.4, 0.5) is 4.39 Å². The number of amides is 1. The predicted molar refractivity (Wildman–Crippen MR) is 79.5 cm³/mol. The molecule has 21 heavy (non-hydrogen) atoms. The van der Waals surface area contributed by atoms with E-state index in [9.17, 15) is 14.3 Å². The summed E-state index contributed by atoms with van der Waals surface area (Å²) in [6.07, 6.45) is 1.53. The fourth-order valence-electron chi connectivity index (χ4n) is 2.72. The van der Waals surface area contributed by atoms with Gasteiger partial charge in [-0.05, 0) is 51.6 Å². The number of likely N-dealkylation sites (N-methyl/N-ethyl adjacent to an activating group) is 1. The van der Waals surface area contributed by atoms with Gasteiger partial charge < -0.3 is 15.3 Å². The molecule has 4 nitrogen and oxygen atoms in total. The van der Waals surface area contributed by atoms with E-state index in [1.807, 2.05) is 19.0 Å². The Labute approximate surface area is 125 Å². The van der Waals surface area contributed by atoms with Crippen molar-refractivity contribution in [3.8, 4) is 0 Å². The van der Waals surface area contributed by atoms with E-state index in [1.54, 1.807) is 19.1 Å². The van der Waals surface area contributed by atoms with Gasteiger partial charge >= 0.3 is 0 Å². The van der Waals surface area contributed by atoms with Gasteiger partial charge in [-0.15, -0.1) is 0 Å². The maximum atomic E-state index is 13.0. The van der Waals surface area contributed by atoms with Crippen molar-refractivity contribution in [3.63, 3.8) is 0 Å². The van der Waals surface area contributed by atoms with Crippen LogP contribution >= 0.6 is 0 Å². The van der Waals surface area contributed by atoms with E-state index in [-0.39, 0.29) is 18.3 Å².